The van der Waals surface area contributed by atoms with Crippen molar-refractivity contribution >= 4 is 22.6 Å². The van der Waals surface area contributed by atoms with E-state index in [-0.39, 0.29) is 5.91 Å². The molecule has 2 heterocycles. The molecule has 4 rings (SSSR count). The third kappa shape index (κ3) is 4.37. The molecule has 29 heavy (non-hydrogen) atoms. The van der Waals surface area contributed by atoms with E-state index in [0.717, 1.165) is 5.56 Å². The summed E-state index contributed by atoms with van der Waals surface area (Å²) >= 11 is 0. The maximum Gasteiger partial charge on any atom is 0.295 e. The van der Waals surface area contributed by atoms with Gasteiger partial charge in [-0.3, -0.25) is 4.79 Å². The van der Waals surface area contributed by atoms with Crippen molar-refractivity contribution in [1.29, 1.82) is 0 Å². The molecule has 1 amide bonds. The number of alkyl halides is 2. The van der Waals surface area contributed by atoms with Crippen LogP contribution in [0.3, 0.4) is 0 Å². The first kappa shape index (κ1) is 18.5. The summed E-state index contributed by atoms with van der Waals surface area (Å²) in [5.74, 6) is -0.377. The summed E-state index contributed by atoms with van der Waals surface area (Å²) in [4.78, 5) is 22.9. The predicted octanol–water partition coefficient (Wildman–Crippen LogP) is 4.73. The van der Waals surface area contributed by atoms with E-state index in [2.05, 4.69) is 20.3 Å². The Morgan fingerprint density at radius 1 is 1.10 bits per heavy atom. The molecule has 0 unspecified atom stereocenters. The predicted molar refractivity (Wildman–Crippen MR) is 104 cm³/mol. The van der Waals surface area contributed by atoms with Gasteiger partial charge in [0.25, 0.3) is 12.3 Å². The zero-order valence-corrected chi connectivity index (χ0v) is 15.1. The van der Waals surface area contributed by atoms with Crippen LogP contribution in [0.2, 0.25) is 0 Å². The van der Waals surface area contributed by atoms with Crippen molar-refractivity contribution in [2.45, 2.75) is 13.0 Å². The number of ether oxygens (including phenoxy) is 1. The topological polar surface area (TPSA) is 79.9 Å². The molecule has 0 aliphatic rings. The molecule has 0 fully saturated rings. The van der Waals surface area contributed by atoms with E-state index in [1.54, 1.807) is 12.1 Å². The molecule has 8 heteroatoms. The molecule has 0 aliphatic carbocycles. The van der Waals surface area contributed by atoms with E-state index in [0.29, 0.717) is 34.8 Å². The van der Waals surface area contributed by atoms with Gasteiger partial charge >= 0.3 is 0 Å². The number of nitrogens with one attached hydrogen (secondary N) is 2. The first-order valence-corrected chi connectivity index (χ1v) is 8.80. The van der Waals surface area contributed by atoms with E-state index < -0.39 is 12.2 Å². The van der Waals surface area contributed by atoms with Crippen LogP contribution in [0.4, 0.5) is 14.5 Å². The Balaban J connectivity index is 1.40. The van der Waals surface area contributed by atoms with Gasteiger partial charge in [0.15, 0.2) is 5.82 Å². The summed E-state index contributed by atoms with van der Waals surface area (Å²) in [6.07, 6.45) is -1.21. The molecule has 0 saturated carbocycles. The first-order chi connectivity index (χ1) is 14.1. The third-order valence-electron chi connectivity index (χ3n) is 4.19. The Kier molecular flexibility index (Phi) is 5.15. The highest BCUT2D eigenvalue weighted by Crippen LogP contribution is 2.21. The van der Waals surface area contributed by atoms with Crippen LogP contribution in [-0.4, -0.2) is 20.9 Å². The standard InChI is InChI=1S/C21H16F2N4O2/c22-19(23)20-26-16-8-6-14(10-17(16)27-20)21(28)25-15-7-9-18(24-11-15)29-12-13-4-2-1-3-5-13/h1-11,19H,12H2,(H,25,28)(H,26,27). The number of rotatable bonds is 6. The number of hydrogen-bond acceptors (Lipinski definition) is 4. The van der Waals surface area contributed by atoms with Crippen LogP contribution in [0.15, 0.2) is 66.9 Å². The molecule has 0 atom stereocenters. The molecule has 0 radical (unpaired) electrons. The van der Waals surface area contributed by atoms with Gasteiger partial charge in [0.05, 0.1) is 22.9 Å². The second-order valence-corrected chi connectivity index (χ2v) is 6.27. The highest BCUT2D eigenvalue weighted by atomic mass is 19.3. The lowest BCUT2D eigenvalue weighted by Crippen LogP contribution is -2.12. The van der Waals surface area contributed by atoms with Gasteiger partial charge in [0.2, 0.25) is 5.88 Å². The van der Waals surface area contributed by atoms with Gasteiger partial charge in [-0.25, -0.2) is 18.7 Å². The van der Waals surface area contributed by atoms with Crippen molar-refractivity contribution in [3.63, 3.8) is 0 Å². The number of pyridine rings is 1. The number of amides is 1. The number of H-pyrrole nitrogens is 1. The van der Waals surface area contributed by atoms with Crippen molar-refractivity contribution < 1.29 is 18.3 Å². The highest BCUT2D eigenvalue weighted by Gasteiger charge is 2.14. The van der Waals surface area contributed by atoms with Gasteiger partial charge in [0, 0.05) is 11.6 Å². The summed E-state index contributed by atoms with van der Waals surface area (Å²) in [6.45, 7) is 0.393. The molecule has 4 aromatic rings. The fourth-order valence-electron chi connectivity index (χ4n) is 2.75. The molecular formula is C21H16F2N4O2. The fraction of sp³-hybridized carbons (Fsp3) is 0.0952. The van der Waals surface area contributed by atoms with Crippen molar-refractivity contribution in [3.05, 3.63) is 83.8 Å². The lowest BCUT2D eigenvalue weighted by atomic mass is 10.2. The molecule has 2 aromatic heterocycles. The highest BCUT2D eigenvalue weighted by molar-refractivity contribution is 6.05. The van der Waals surface area contributed by atoms with Crippen LogP contribution < -0.4 is 10.1 Å². The minimum atomic E-state index is -2.70. The van der Waals surface area contributed by atoms with Crippen molar-refractivity contribution in [1.82, 2.24) is 15.0 Å². The van der Waals surface area contributed by atoms with Crippen LogP contribution in [0.5, 0.6) is 5.88 Å². The lowest BCUT2D eigenvalue weighted by Gasteiger charge is -2.08. The molecule has 2 aromatic carbocycles. The zero-order chi connectivity index (χ0) is 20.2. The maximum absolute atomic E-state index is 12.7. The zero-order valence-electron chi connectivity index (χ0n) is 15.1. The molecule has 0 bridgehead atoms. The number of carbonyl (C=O) groups is 1. The molecular weight excluding hydrogens is 378 g/mol. The number of aromatic amines is 1. The second kappa shape index (κ2) is 8.05. The average molecular weight is 394 g/mol. The lowest BCUT2D eigenvalue weighted by molar-refractivity contribution is 0.102. The molecule has 0 spiro atoms. The second-order valence-electron chi connectivity index (χ2n) is 6.27. The quantitative estimate of drug-likeness (QED) is 0.496. The van der Waals surface area contributed by atoms with Gasteiger partial charge < -0.3 is 15.0 Å². The molecule has 0 saturated heterocycles. The number of fused-ring (bicyclic) bond motifs is 1. The Bertz CT molecular complexity index is 1130. The number of nitrogens with zero attached hydrogens (tertiary/aromatic N) is 2. The number of imidazole rings is 1. The summed E-state index contributed by atoms with van der Waals surface area (Å²) < 4.78 is 31.1. The van der Waals surface area contributed by atoms with Crippen molar-refractivity contribution in [2.75, 3.05) is 5.32 Å². The van der Waals surface area contributed by atoms with Gasteiger partial charge in [-0.2, -0.15) is 0 Å². The van der Waals surface area contributed by atoms with Gasteiger partial charge in [-0.1, -0.05) is 30.3 Å². The van der Waals surface area contributed by atoms with E-state index in [1.165, 1.54) is 24.4 Å². The number of anilines is 1. The van der Waals surface area contributed by atoms with Crippen LogP contribution >= 0.6 is 0 Å². The normalized spacial score (nSPS) is 11.0. The molecule has 146 valence electrons. The summed E-state index contributed by atoms with van der Waals surface area (Å²) in [6, 6.07) is 17.6. The Hall–Kier alpha value is -3.81. The van der Waals surface area contributed by atoms with Gasteiger partial charge in [-0.05, 0) is 29.8 Å². The van der Waals surface area contributed by atoms with E-state index in [4.69, 9.17) is 4.74 Å². The van der Waals surface area contributed by atoms with E-state index in [9.17, 15) is 13.6 Å². The number of hydrogen-bond donors (Lipinski definition) is 2. The molecule has 0 aliphatic heterocycles. The minimum Gasteiger partial charge on any atom is -0.473 e. The SMILES string of the molecule is O=C(Nc1ccc(OCc2ccccc2)nc1)c1ccc2nc(C(F)F)[nH]c2c1. The summed E-state index contributed by atoms with van der Waals surface area (Å²) in [5.41, 5.74) is 2.57. The first-order valence-electron chi connectivity index (χ1n) is 8.80. The average Bonchev–Trinajstić information content (AvgIpc) is 3.18. The largest absolute Gasteiger partial charge is 0.473 e. The van der Waals surface area contributed by atoms with Crippen LogP contribution in [0.25, 0.3) is 11.0 Å². The molecule has 2 N–H and O–H groups in total. The minimum absolute atomic E-state index is 0.311. The summed E-state index contributed by atoms with van der Waals surface area (Å²) in [7, 11) is 0. The monoisotopic (exact) mass is 394 g/mol. The number of halogens is 2. The Morgan fingerprint density at radius 2 is 1.93 bits per heavy atom. The van der Waals surface area contributed by atoms with Crippen LogP contribution in [-0.2, 0) is 6.61 Å². The Morgan fingerprint density at radius 3 is 2.66 bits per heavy atom. The Labute approximate surface area is 164 Å². The van der Waals surface area contributed by atoms with Crippen molar-refractivity contribution in [2.24, 2.45) is 0 Å². The van der Waals surface area contributed by atoms with E-state index >= 15 is 0 Å². The van der Waals surface area contributed by atoms with Gasteiger partial charge in [0.1, 0.15) is 6.61 Å². The number of benzene rings is 2. The van der Waals surface area contributed by atoms with Crippen LogP contribution in [0, 0.1) is 0 Å². The fourth-order valence-corrected chi connectivity index (χ4v) is 2.75. The van der Waals surface area contributed by atoms with Crippen LogP contribution in [0.1, 0.15) is 28.2 Å². The molecule has 6 nitrogen and oxygen atoms in total. The smallest absolute Gasteiger partial charge is 0.295 e. The van der Waals surface area contributed by atoms with E-state index in [1.807, 2.05) is 30.3 Å². The number of aromatic nitrogens is 3. The summed E-state index contributed by atoms with van der Waals surface area (Å²) in [5, 5.41) is 2.71. The number of carbonyl (C=O) groups excluding carboxylic acids is 1. The third-order valence-corrected chi connectivity index (χ3v) is 4.19. The van der Waals surface area contributed by atoms with Crippen molar-refractivity contribution in [3.8, 4) is 5.88 Å². The maximum atomic E-state index is 12.7. The van der Waals surface area contributed by atoms with Gasteiger partial charge in [-0.15, -0.1) is 0 Å².